The van der Waals surface area contributed by atoms with E-state index < -0.39 is 23.5 Å². The molecular formula is C41H33N3O4. The minimum absolute atomic E-state index is 0.150. The lowest BCUT2D eigenvalue weighted by atomic mass is 10.1. The lowest BCUT2D eigenvalue weighted by Gasteiger charge is -2.20. The zero-order valence-electron chi connectivity index (χ0n) is 26.8. The van der Waals surface area contributed by atoms with Gasteiger partial charge in [0.05, 0.1) is 0 Å². The Kier molecular flexibility index (Phi) is 10.4. The van der Waals surface area contributed by atoms with E-state index in [2.05, 4.69) is 39.6 Å². The van der Waals surface area contributed by atoms with Gasteiger partial charge in [-0.1, -0.05) is 72.2 Å². The molecule has 5 aromatic rings. The van der Waals surface area contributed by atoms with Crippen LogP contribution in [0, 0.1) is 23.7 Å². The molecule has 7 nitrogen and oxygen atoms in total. The van der Waals surface area contributed by atoms with Crippen LogP contribution in [0.25, 0.3) is 0 Å². The highest BCUT2D eigenvalue weighted by molar-refractivity contribution is 6.10. The van der Waals surface area contributed by atoms with Gasteiger partial charge in [0.1, 0.15) is 5.60 Å². The van der Waals surface area contributed by atoms with Gasteiger partial charge >= 0.3 is 6.09 Å². The maximum absolute atomic E-state index is 13.5. The number of amides is 3. The van der Waals surface area contributed by atoms with Crippen LogP contribution in [0.15, 0.2) is 127 Å². The molecular weight excluding hydrogens is 598 g/mol. The lowest BCUT2D eigenvalue weighted by molar-refractivity contribution is 0.0635. The summed E-state index contributed by atoms with van der Waals surface area (Å²) in [5.41, 5.74) is 3.98. The molecule has 0 aliphatic rings. The summed E-state index contributed by atoms with van der Waals surface area (Å²) < 4.78 is 5.39. The molecule has 0 radical (unpaired) electrons. The Labute approximate surface area is 280 Å². The van der Waals surface area contributed by atoms with Crippen LogP contribution < -0.4 is 16.0 Å². The number of carbonyl (C=O) groups excluding carboxylic acids is 3. The number of anilines is 3. The van der Waals surface area contributed by atoms with E-state index in [4.69, 9.17) is 4.74 Å². The predicted molar refractivity (Wildman–Crippen MR) is 190 cm³/mol. The van der Waals surface area contributed by atoms with Crippen LogP contribution in [-0.2, 0) is 4.74 Å². The van der Waals surface area contributed by atoms with Gasteiger partial charge in [-0.2, -0.15) is 0 Å². The van der Waals surface area contributed by atoms with Crippen LogP contribution in [0.2, 0.25) is 0 Å². The standard InChI is InChI=1S/C41H33N3O4/c1-41(2,3)48-40(47)44-37-27-33(38(45)42-35-18-10-16-31(24-35)22-20-29-12-6-4-7-13-29)26-34(28-37)39(46)43-36-19-11-17-32(25-36)23-21-30-14-8-5-9-15-30/h4-19,24-28H,1-3H3,(H,42,45)(H,43,46)(H,44,47). The van der Waals surface area contributed by atoms with Crippen LogP contribution in [0.1, 0.15) is 63.7 Å². The van der Waals surface area contributed by atoms with E-state index in [-0.39, 0.29) is 16.8 Å². The average Bonchev–Trinajstić information content (AvgIpc) is 3.06. The smallest absolute Gasteiger partial charge is 0.412 e. The van der Waals surface area contributed by atoms with Crippen molar-refractivity contribution in [3.05, 3.63) is 161 Å². The fourth-order valence-electron chi connectivity index (χ4n) is 4.47. The molecule has 0 aliphatic carbocycles. The number of carbonyl (C=O) groups is 3. The molecule has 0 saturated carbocycles. The normalized spacial score (nSPS) is 10.3. The summed E-state index contributed by atoms with van der Waals surface area (Å²) in [6, 6.07) is 37.9. The molecule has 0 aliphatic heterocycles. The van der Waals surface area contributed by atoms with E-state index >= 15 is 0 Å². The van der Waals surface area contributed by atoms with Crippen molar-refractivity contribution in [2.45, 2.75) is 26.4 Å². The van der Waals surface area contributed by atoms with E-state index in [1.54, 1.807) is 57.2 Å². The van der Waals surface area contributed by atoms with Gasteiger partial charge in [-0.15, -0.1) is 0 Å². The van der Waals surface area contributed by atoms with Crippen LogP contribution in [-0.4, -0.2) is 23.5 Å². The maximum atomic E-state index is 13.5. The maximum Gasteiger partial charge on any atom is 0.412 e. The summed E-state index contributed by atoms with van der Waals surface area (Å²) in [5.74, 6) is 11.5. The minimum Gasteiger partial charge on any atom is -0.444 e. The average molecular weight is 632 g/mol. The molecule has 5 aromatic carbocycles. The van der Waals surface area contributed by atoms with Crippen molar-refractivity contribution in [1.29, 1.82) is 0 Å². The zero-order chi connectivity index (χ0) is 33.9. The molecule has 0 atom stereocenters. The van der Waals surface area contributed by atoms with Crippen molar-refractivity contribution < 1.29 is 19.1 Å². The largest absolute Gasteiger partial charge is 0.444 e. The highest BCUT2D eigenvalue weighted by atomic mass is 16.6. The van der Waals surface area contributed by atoms with Gasteiger partial charge in [-0.25, -0.2) is 4.79 Å². The Bertz CT molecular complexity index is 1940. The SMILES string of the molecule is CC(C)(C)OC(=O)Nc1cc(C(=O)Nc2cccc(C#Cc3ccccc3)c2)cc(C(=O)Nc2cccc(C#Cc3ccccc3)c2)c1. The number of hydrogen-bond donors (Lipinski definition) is 3. The van der Waals surface area contributed by atoms with Gasteiger partial charge in [-0.05, 0) is 99.6 Å². The van der Waals surface area contributed by atoms with Crippen LogP contribution in [0.4, 0.5) is 21.9 Å². The van der Waals surface area contributed by atoms with E-state index in [0.717, 1.165) is 11.1 Å². The summed E-state index contributed by atoms with van der Waals surface area (Å²) in [7, 11) is 0. The lowest BCUT2D eigenvalue weighted by Crippen LogP contribution is -2.27. The molecule has 0 saturated heterocycles. The summed E-state index contributed by atoms with van der Waals surface area (Å²) in [6.45, 7) is 5.23. The molecule has 48 heavy (non-hydrogen) atoms. The Balaban J connectivity index is 1.38. The van der Waals surface area contributed by atoms with Gasteiger partial charge in [0, 0.05) is 50.4 Å². The molecule has 3 amide bonds. The van der Waals surface area contributed by atoms with E-state index in [0.29, 0.717) is 22.5 Å². The summed E-state index contributed by atoms with van der Waals surface area (Å²) in [4.78, 5) is 39.6. The first-order valence-corrected chi connectivity index (χ1v) is 15.2. The van der Waals surface area contributed by atoms with Crippen molar-refractivity contribution in [3.63, 3.8) is 0 Å². The van der Waals surface area contributed by atoms with Gasteiger partial charge in [-0.3, -0.25) is 14.9 Å². The predicted octanol–water partition coefficient (Wildman–Crippen LogP) is 8.34. The molecule has 236 valence electrons. The number of nitrogens with one attached hydrogen (secondary N) is 3. The molecule has 0 spiro atoms. The molecule has 0 unspecified atom stereocenters. The highest BCUT2D eigenvalue weighted by Crippen LogP contribution is 2.21. The summed E-state index contributed by atoms with van der Waals surface area (Å²) in [5, 5.41) is 8.38. The fraction of sp³-hybridized carbons (Fsp3) is 0.0976. The molecule has 0 fully saturated rings. The quantitative estimate of drug-likeness (QED) is 0.170. The van der Waals surface area contributed by atoms with Crippen LogP contribution >= 0.6 is 0 Å². The Morgan fingerprint density at radius 2 is 0.896 bits per heavy atom. The van der Waals surface area contributed by atoms with Gasteiger partial charge in [0.15, 0.2) is 0 Å². The molecule has 3 N–H and O–H groups in total. The Morgan fingerprint density at radius 3 is 1.33 bits per heavy atom. The molecule has 5 rings (SSSR count). The van der Waals surface area contributed by atoms with E-state index in [9.17, 15) is 14.4 Å². The van der Waals surface area contributed by atoms with Gasteiger partial charge in [0.2, 0.25) is 0 Å². The fourth-order valence-corrected chi connectivity index (χ4v) is 4.47. The van der Waals surface area contributed by atoms with Crippen molar-refractivity contribution in [1.82, 2.24) is 0 Å². The number of rotatable bonds is 5. The minimum atomic E-state index is -0.748. The van der Waals surface area contributed by atoms with Gasteiger partial charge in [0.25, 0.3) is 11.8 Å². The molecule has 0 heterocycles. The third-order valence-electron chi connectivity index (χ3n) is 6.59. The van der Waals surface area contributed by atoms with Crippen LogP contribution in [0.5, 0.6) is 0 Å². The first-order valence-electron chi connectivity index (χ1n) is 15.2. The molecule has 7 heteroatoms. The second-order valence-corrected chi connectivity index (χ2v) is 11.7. The van der Waals surface area contributed by atoms with Crippen molar-refractivity contribution in [2.24, 2.45) is 0 Å². The summed E-state index contributed by atoms with van der Waals surface area (Å²) in [6.07, 6.45) is -0.721. The Hall–Kier alpha value is -6.57. The monoisotopic (exact) mass is 631 g/mol. The number of ether oxygens (including phenoxy) is 1. The van der Waals surface area contributed by atoms with Crippen LogP contribution in [0.3, 0.4) is 0 Å². The van der Waals surface area contributed by atoms with E-state index in [1.807, 2.05) is 72.8 Å². The Morgan fingerprint density at radius 1 is 0.479 bits per heavy atom. The highest BCUT2D eigenvalue weighted by Gasteiger charge is 2.19. The third-order valence-corrected chi connectivity index (χ3v) is 6.59. The molecule has 0 aromatic heterocycles. The van der Waals surface area contributed by atoms with Gasteiger partial charge < -0.3 is 15.4 Å². The molecule has 0 bridgehead atoms. The summed E-state index contributed by atoms with van der Waals surface area (Å²) >= 11 is 0. The van der Waals surface area contributed by atoms with Crippen molar-refractivity contribution in [2.75, 3.05) is 16.0 Å². The zero-order valence-corrected chi connectivity index (χ0v) is 26.8. The topological polar surface area (TPSA) is 96.5 Å². The third kappa shape index (κ3) is 9.97. The first-order chi connectivity index (χ1) is 23.1. The van der Waals surface area contributed by atoms with Crippen molar-refractivity contribution in [3.8, 4) is 23.7 Å². The second-order valence-electron chi connectivity index (χ2n) is 11.7. The second kappa shape index (κ2) is 15.1. The number of hydrogen-bond acceptors (Lipinski definition) is 4. The van der Waals surface area contributed by atoms with E-state index in [1.165, 1.54) is 18.2 Å². The first kappa shape index (κ1) is 32.8. The van der Waals surface area contributed by atoms with Crippen molar-refractivity contribution >= 4 is 35.0 Å². The number of benzene rings is 5.